The second kappa shape index (κ2) is 5.72. The molecule has 1 rings (SSSR count). The second-order valence-corrected chi connectivity index (χ2v) is 3.91. The van der Waals surface area contributed by atoms with Crippen molar-refractivity contribution >= 4 is 17.7 Å². The Balaban J connectivity index is 2.81. The summed E-state index contributed by atoms with van der Waals surface area (Å²) in [6.07, 6.45) is 3.52. The van der Waals surface area contributed by atoms with E-state index >= 15 is 0 Å². The molecule has 1 aromatic heterocycles. The predicted octanol–water partition coefficient (Wildman–Crippen LogP) is 0.914. The lowest BCUT2D eigenvalue weighted by Crippen LogP contribution is -2.35. The van der Waals surface area contributed by atoms with Crippen LogP contribution in [0.3, 0.4) is 0 Å². The summed E-state index contributed by atoms with van der Waals surface area (Å²) in [4.78, 5) is 15.8. The van der Waals surface area contributed by atoms with E-state index in [1.165, 1.54) is 11.8 Å². The molecule has 0 aliphatic carbocycles. The van der Waals surface area contributed by atoms with Gasteiger partial charge in [0.05, 0.1) is 12.2 Å². The van der Waals surface area contributed by atoms with Crippen molar-refractivity contribution in [1.29, 1.82) is 0 Å². The SMILES string of the molecule is CSc1ncccc1C(=O)N[C@@H](C)CO. The van der Waals surface area contributed by atoms with E-state index < -0.39 is 0 Å². The Labute approximate surface area is 93.1 Å². The van der Waals surface area contributed by atoms with Crippen LogP contribution in [0, 0.1) is 0 Å². The van der Waals surface area contributed by atoms with Gasteiger partial charge in [-0.2, -0.15) is 0 Å². The number of nitrogens with one attached hydrogen (secondary N) is 1. The quantitative estimate of drug-likeness (QED) is 0.749. The normalized spacial score (nSPS) is 12.2. The Morgan fingerprint density at radius 2 is 2.47 bits per heavy atom. The molecule has 0 unspecified atom stereocenters. The number of thioether (sulfide) groups is 1. The van der Waals surface area contributed by atoms with Crippen molar-refractivity contribution < 1.29 is 9.90 Å². The van der Waals surface area contributed by atoms with Gasteiger partial charge in [0, 0.05) is 12.2 Å². The van der Waals surface area contributed by atoms with Crippen molar-refractivity contribution in [3.8, 4) is 0 Å². The largest absolute Gasteiger partial charge is 0.394 e. The molecule has 0 aromatic carbocycles. The smallest absolute Gasteiger partial charge is 0.254 e. The van der Waals surface area contributed by atoms with Crippen molar-refractivity contribution in [3.63, 3.8) is 0 Å². The minimum absolute atomic E-state index is 0.0688. The van der Waals surface area contributed by atoms with Crippen molar-refractivity contribution in [3.05, 3.63) is 23.9 Å². The van der Waals surface area contributed by atoms with E-state index in [9.17, 15) is 4.79 Å². The molecular formula is C10H14N2O2S. The van der Waals surface area contributed by atoms with Crippen molar-refractivity contribution in [2.45, 2.75) is 18.0 Å². The molecule has 0 aliphatic heterocycles. The molecule has 1 aromatic rings. The molecule has 2 N–H and O–H groups in total. The molecule has 0 radical (unpaired) electrons. The molecule has 82 valence electrons. The molecule has 1 amide bonds. The van der Waals surface area contributed by atoms with Gasteiger partial charge in [0.25, 0.3) is 5.91 Å². The van der Waals surface area contributed by atoms with Gasteiger partial charge in [0.2, 0.25) is 0 Å². The van der Waals surface area contributed by atoms with Gasteiger partial charge < -0.3 is 10.4 Å². The van der Waals surface area contributed by atoms with E-state index in [1.807, 2.05) is 6.26 Å². The first-order valence-electron chi connectivity index (χ1n) is 4.59. The van der Waals surface area contributed by atoms with Crippen LogP contribution in [0.1, 0.15) is 17.3 Å². The third-order valence-electron chi connectivity index (χ3n) is 1.86. The van der Waals surface area contributed by atoms with Crippen LogP contribution in [0.25, 0.3) is 0 Å². The fraction of sp³-hybridized carbons (Fsp3) is 0.400. The van der Waals surface area contributed by atoms with Gasteiger partial charge >= 0.3 is 0 Å². The Kier molecular flexibility index (Phi) is 4.58. The number of hydrogen-bond donors (Lipinski definition) is 2. The van der Waals surface area contributed by atoms with Gasteiger partial charge in [-0.05, 0) is 25.3 Å². The number of rotatable bonds is 4. The Bertz CT molecular complexity index is 344. The number of pyridine rings is 1. The van der Waals surface area contributed by atoms with Crippen LogP contribution in [-0.4, -0.2) is 34.9 Å². The Morgan fingerprint density at radius 3 is 3.07 bits per heavy atom. The topological polar surface area (TPSA) is 62.2 Å². The van der Waals surface area contributed by atoms with E-state index in [0.29, 0.717) is 10.6 Å². The first kappa shape index (κ1) is 12.0. The van der Waals surface area contributed by atoms with Crippen LogP contribution in [0.2, 0.25) is 0 Å². The molecule has 0 saturated heterocycles. The third kappa shape index (κ3) is 3.21. The lowest BCUT2D eigenvalue weighted by molar-refractivity contribution is 0.0918. The van der Waals surface area contributed by atoms with Crippen LogP contribution < -0.4 is 5.32 Å². The van der Waals surface area contributed by atoms with Crippen LogP contribution in [0.15, 0.2) is 23.4 Å². The monoisotopic (exact) mass is 226 g/mol. The molecule has 1 atom stereocenters. The zero-order valence-electron chi connectivity index (χ0n) is 8.73. The maximum absolute atomic E-state index is 11.7. The number of aliphatic hydroxyl groups is 1. The zero-order chi connectivity index (χ0) is 11.3. The summed E-state index contributed by atoms with van der Waals surface area (Å²) in [6, 6.07) is 3.20. The van der Waals surface area contributed by atoms with Crippen LogP contribution in [0.4, 0.5) is 0 Å². The predicted molar refractivity (Wildman–Crippen MR) is 60.0 cm³/mol. The zero-order valence-corrected chi connectivity index (χ0v) is 9.54. The highest BCUT2D eigenvalue weighted by molar-refractivity contribution is 7.98. The minimum atomic E-state index is -0.243. The summed E-state index contributed by atoms with van der Waals surface area (Å²) in [7, 11) is 0. The lowest BCUT2D eigenvalue weighted by Gasteiger charge is -2.11. The first-order chi connectivity index (χ1) is 7.19. The lowest BCUT2D eigenvalue weighted by atomic mass is 10.2. The summed E-state index contributed by atoms with van der Waals surface area (Å²) in [6.45, 7) is 1.67. The highest BCUT2D eigenvalue weighted by atomic mass is 32.2. The van der Waals surface area contributed by atoms with Crippen molar-refractivity contribution in [2.75, 3.05) is 12.9 Å². The van der Waals surface area contributed by atoms with Crippen LogP contribution >= 0.6 is 11.8 Å². The maximum Gasteiger partial charge on any atom is 0.254 e. The molecule has 0 bridgehead atoms. The van der Waals surface area contributed by atoms with E-state index in [0.717, 1.165) is 0 Å². The fourth-order valence-corrected chi connectivity index (χ4v) is 1.62. The second-order valence-electron chi connectivity index (χ2n) is 3.12. The van der Waals surface area contributed by atoms with E-state index in [2.05, 4.69) is 10.3 Å². The number of hydrogen-bond acceptors (Lipinski definition) is 4. The van der Waals surface area contributed by atoms with Gasteiger partial charge in [-0.3, -0.25) is 4.79 Å². The number of aromatic nitrogens is 1. The molecule has 15 heavy (non-hydrogen) atoms. The summed E-state index contributed by atoms with van der Waals surface area (Å²) < 4.78 is 0. The number of carbonyl (C=O) groups is 1. The maximum atomic E-state index is 11.7. The summed E-state index contributed by atoms with van der Waals surface area (Å²) in [5.74, 6) is -0.200. The Morgan fingerprint density at radius 1 is 1.73 bits per heavy atom. The number of nitrogens with zero attached hydrogens (tertiary/aromatic N) is 1. The summed E-state index contributed by atoms with van der Waals surface area (Å²) in [5.41, 5.74) is 0.547. The standard InChI is InChI=1S/C10H14N2O2S/c1-7(6-13)12-9(14)8-4-3-5-11-10(8)15-2/h3-5,7,13H,6H2,1-2H3,(H,12,14)/t7-/m0/s1. The molecule has 0 fully saturated rings. The number of aliphatic hydroxyl groups excluding tert-OH is 1. The third-order valence-corrected chi connectivity index (χ3v) is 2.57. The van der Waals surface area contributed by atoms with E-state index in [4.69, 9.17) is 5.11 Å². The molecule has 4 nitrogen and oxygen atoms in total. The van der Waals surface area contributed by atoms with Gasteiger partial charge in [-0.15, -0.1) is 11.8 Å². The van der Waals surface area contributed by atoms with E-state index in [-0.39, 0.29) is 18.6 Å². The number of carbonyl (C=O) groups excluding carboxylic acids is 1. The van der Waals surface area contributed by atoms with Crippen LogP contribution in [-0.2, 0) is 0 Å². The van der Waals surface area contributed by atoms with Gasteiger partial charge in [0.1, 0.15) is 5.03 Å². The van der Waals surface area contributed by atoms with E-state index in [1.54, 1.807) is 25.3 Å². The Hall–Kier alpha value is -1.07. The average molecular weight is 226 g/mol. The molecule has 1 heterocycles. The van der Waals surface area contributed by atoms with Gasteiger partial charge in [0.15, 0.2) is 0 Å². The van der Waals surface area contributed by atoms with Gasteiger partial charge in [-0.25, -0.2) is 4.98 Å². The molecule has 5 heteroatoms. The number of amides is 1. The van der Waals surface area contributed by atoms with Gasteiger partial charge in [-0.1, -0.05) is 0 Å². The highest BCUT2D eigenvalue weighted by Crippen LogP contribution is 2.16. The minimum Gasteiger partial charge on any atom is -0.394 e. The fourth-order valence-electron chi connectivity index (χ4n) is 1.07. The summed E-state index contributed by atoms with van der Waals surface area (Å²) in [5, 5.41) is 12.2. The average Bonchev–Trinajstić information content (AvgIpc) is 2.28. The molecule has 0 saturated carbocycles. The molecular weight excluding hydrogens is 212 g/mol. The molecule has 0 aliphatic rings. The summed E-state index contributed by atoms with van der Waals surface area (Å²) >= 11 is 1.42. The van der Waals surface area contributed by atoms with Crippen molar-refractivity contribution in [2.24, 2.45) is 0 Å². The van der Waals surface area contributed by atoms with Crippen LogP contribution in [0.5, 0.6) is 0 Å². The van der Waals surface area contributed by atoms with Crippen molar-refractivity contribution in [1.82, 2.24) is 10.3 Å². The molecule has 0 spiro atoms. The first-order valence-corrected chi connectivity index (χ1v) is 5.82. The highest BCUT2D eigenvalue weighted by Gasteiger charge is 2.13.